The summed E-state index contributed by atoms with van der Waals surface area (Å²) in [4.78, 5) is 26.5. The van der Waals surface area contributed by atoms with Crippen molar-refractivity contribution in [1.29, 1.82) is 0 Å². The summed E-state index contributed by atoms with van der Waals surface area (Å²) < 4.78 is 0. The summed E-state index contributed by atoms with van der Waals surface area (Å²) in [5.74, 6) is -1.41. The van der Waals surface area contributed by atoms with Crippen LogP contribution < -0.4 is 0 Å². The first-order valence-electron chi connectivity index (χ1n) is 21.4. The van der Waals surface area contributed by atoms with Crippen LogP contribution in [0.15, 0.2) is 12.7 Å². The zero-order chi connectivity index (χ0) is 36.2. The van der Waals surface area contributed by atoms with Gasteiger partial charge in [0.05, 0.1) is 0 Å². The van der Waals surface area contributed by atoms with Gasteiger partial charge in [0.15, 0.2) is 11.9 Å². The number of unbranched alkanes of at least 4 members (excludes halogenated alkanes) is 30. The maximum Gasteiger partial charge on any atom is 0.254 e. The predicted molar refractivity (Wildman–Crippen MR) is 209 cm³/mol. The van der Waals surface area contributed by atoms with Crippen molar-refractivity contribution in [2.75, 3.05) is 13.1 Å². The molecule has 0 bridgehead atoms. The van der Waals surface area contributed by atoms with Crippen molar-refractivity contribution in [2.45, 2.75) is 238 Å². The number of amides is 1. The molecule has 0 aliphatic heterocycles. The van der Waals surface area contributed by atoms with Crippen molar-refractivity contribution in [3.05, 3.63) is 12.7 Å². The van der Waals surface area contributed by atoms with E-state index in [-0.39, 0.29) is 0 Å². The number of ketones is 1. The van der Waals surface area contributed by atoms with Gasteiger partial charge in [0.1, 0.15) is 12.2 Å². The molecular formula is C43H83NO5. The molecule has 6 nitrogen and oxygen atoms in total. The van der Waals surface area contributed by atoms with E-state index in [0.717, 1.165) is 44.6 Å². The molecule has 0 aromatic carbocycles. The molecular weight excluding hydrogens is 610 g/mol. The lowest BCUT2D eigenvalue weighted by molar-refractivity contribution is -0.154. The van der Waals surface area contributed by atoms with E-state index in [0.29, 0.717) is 13.1 Å². The lowest BCUT2D eigenvalue weighted by Gasteiger charge is -2.28. The Labute approximate surface area is 304 Å². The van der Waals surface area contributed by atoms with Gasteiger partial charge in [0.25, 0.3) is 5.91 Å². The number of hydrogen-bond acceptors (Lipinski definition) is 5. The van der Waals surface area contributed by atoms with Crippen LogP contribution in [-0.4, -0.2) is 63.3 Å². The summed E-state index contributed by atoms with van der Waals surface area (Å²) in [5.41, 5.74) is 0. The molecule has 0 heterocycles. The van der Waals surface area contributed by atoms with Crippen LogP contribution in [0.3, 0.4) is 0 Å². The number of hydrogen-bond donors (Lipinski definition) is 3. The summed E-state index contributed by atoms with van der Waals surface area (Å²) in [6.45, 7) is 8.90. The van der Waals surface area contributed by atoms with Crippen molar-refractivity contribution in [3.8, 4) is 0 Å². The highest BCUT2D eigenvalue weighted by molar-refractivity contribution is 5.94. The van der Waals surface area contributed by atoms with Gasteiger partial charge < -0.3 is 20.2 Å². The van der Waals surface area contributed by atoms with Crippen molar-refractivity contribution >= 4 is 11.7 Å². The molecule has 3 unspecified atom stereocenters. The van der Waals surface area contributed by atoms with Crippen LogP contribution >= 0.6 is 0 Å². The molecule has 0 aliphatic carbocycles. The second-order valence-corrected chi connectivity index (χ2v) is 14.9. The van der Waals surface area contributed by atoms with Crippen molar-refractivity contribution < 1.29 is 24.9 Å². The average Bonchev–Trinajstić information content (AvgIpc) is 3.11. The van der Waals surface area contributed by atoms with Crippen LogP contribution in [0, 0.1) is 0 Å². The zero-order valence-electron chi connectivity index (χ0n) is 32.7. The minimum absolute atomic E-state index is 0.519. The van der Waals surface area contributed by atoms with Crippen LogP contribution in [-0.2, 0) is 9.59 Å². The molecule has 0 rings (SSSR count). The molecule has 0 radical (unpaired) electrons. The molecule has 6 heteroatoms. The van der Waals surface area contributed by atoms with Gasteiger partial charge in [-0.25, -0.2) is 0 Å². The number of carbonyl (C=O) groups excluding carboxylic acids is 2. The van der Waals surface area contributed by atoms with Crippen molar-refractivity contribution in [2.24, 2.45) is 0 Å². The minimum Gasteiger partial charge on any atom is -0.387 e. The van der Waals surface area contributed by atoms with E-state index in [1.54, 1.807) is 4.90 Å². The van der Waals surface area contributed by atoms with Gasteiger partial charge in [-0.3, -0.25) is 9.59 Å². The number of carbonyl (C=O) groups is 2. The third kappa shape index (κ3) is 29.1. The Balaban J connectivity index is 4.23. The van der Waals surface area contributed by atoms with Gasteiger partial charge in [0, 0.05) is 13.1 Å². The van der Waals surface area contributed by atoms with Gasteiger partial charge >= 0.3 is 0 Å². The minimum atomic E-state index is -1.86. The van der Waals surface area contributed by atoms with E-state index < -0.39 is 30.0 Å². The molecule has 0 saturated carbocycles. The smallest absolute Gasteiger partial charge is 0.254 e. The second kappa shape index (κ2) is 36.5. The maximum absolute atomic E-state index is 13.2. The van der Waals surface area contributed by atoms with E-state index >= 15 is 0 Å². The summed E-state index contributed by atoms with van der Waals surface area (Å²) in [7, 11) is 0. The second-order valence-electron chi connectivity index (χ2n) is 14.9. The van der Waals surface area contributed by atoms with Crippen LogP contribution in [0.5, 0.6) is 0 Å². The van der Waals surface area contributed by atoms with E-state index in [2.05, 4.69) is 20.4 Å². The molecule has 49 heavy (non-hydrogen) atoms. The molecule has 0 aromatic rings. The molecule has 3 atom stereocenters. The van der Waals surface area contributed by atoms with Crippen molar-refractivity contribution in [1.82, 2.24) is 4.90 Å². The summed E-state index contributed by atoms with van der Waals surface area (Å²) >= 11 is 0. The van der Waals surface area contributed by atoms with E-state index in [9.17, 15) is 24.9 Å². The Morgan fingerprint density at radius 1 is 0.449 bits per heavy atom. The fraction of sp³-hybridized carbons (Fsp3) is 0.907. The Morgan fingerprint density at radius 3 is 0.939 bits per heavy atom. The number of aliphatic hydroxyl groups is 3. The highest BCUT2D eigenvalue weighted by atomic mass is 16.4. The van der Waals surface area contributed by atoms with Gasteiger partial charge in [0.2, 0.25) is 0 Å². The molecule has 3 N–H and O–H groups in total. The zero-order valence-corrected chi connectivity index (χ0v) is 32.7. The van der Waals surface area contributed by atoms with E-state index in [1.807, 2.05) is 0 Å². The van der Waals surface area contributed by atoms with Gasteiger partial charge in [-0.1, -0.05) is 213 Å². The SMILES string of the molecule is C=CC(=O)C(O)C(O)C(O)C(=O)N(CCCCCCCCCCCCCCCCCC)CCCCCCCCCCCCCCCCCC. The Hall–Kier alpha value is -1.24. The van der Waals surface area contributed by atoms with Gasteiger partial charge in [-0.05, 0) is 18.9 Å². The highest BCUT2D eigenvalue weighted by Crippen LogP contribution is 2.17. The molecule has 0 aromatic heterocycles. The molecule has 1 amide bonds. The lowest BCUT2D eigenvalue weighted by Crippen LogP contribution is -2.51. The first kappa shape index (κ1) is 47.8. The number of rotatable bonds is 39. The van der Waals surface area contributed by atoms with Crippen LogP contribution in [0.25, 0.3) is 0 Å². The topological polar surface area (TPSA) is 98.1 Å². The summed E-state index contributed by atoms with van der Waals surface area (Å²) in [5, 5.41) is 30.9. The third-order valence-corrected chi connectivity index (χ3v) is 10.3. The van der Waals surface area contributed by atoms with E-state index in [4.69, 9.17) is 0 Å². The highest BCUT2D eigenvalue weighted by Gasteiger charge is 2.35. The third-order valence-electron chi connectivity index (χ3n) is 10.3. The molecule has 0 aliphatic rings. The first-order valence-corrected chi connectivity index (χ1v) is 21.4. The predicted octanol–water partition coefficient (Wildman–Crippen LogP) is 11.2. The largest absolute Gasteiger partial charge is 0.387 e. The molecule has 0 saturated heterocycles. The van der Waals surface area contributed by atoms with E-state index in [1.165, 1.54) is 167 Å². The van der Waals surface area contributed by atoms with Crippen LogP contribution in [0.1, 0.15) is 219 Å². The normalized spacial score (nSPS) is 13.3. The maximum atomic E-state index is 13.2. The Morgan fingerprint density at radius 2 is 0.694 bits per heavy atom. The van der Waals surface area contributed by atoms with Crippen LogP contribution in [0.4, 0.5) is 0 Å². The lowest BCUT2D eigenvalue weighted by atomic mass is 10.0. The Bertz CT molecular complexity index is 708. The fourth-order valence-corrected chi connectivity index (χ4v) is 6.83. The van der Waals surface area contributed by atoms with Gasteiger partial charge in [-0.2, -0.15) is 0 Å². The summed E-state index contributed by atoms with van der Waals surface area (Å²) in [6, 6.07) is 0. The van der Waals surface area contributed by atoms with Crippen molar-refractivity contribution in [3.63, 3.8) is 0 Å². The standard InChI is InChI=1S/C43H83NO5/c1-4-7-9-11-13-15-17-19-21-23-25-27-29-31-33-35-37-44(43(49)42(48)41(47)40(46)39(45)6-3)38-36-34-32-30-28-26-24-22-20-18-16-14-12-10-8-5-2/h6,40-42,46-48H,3-5,7-38H2,1-2H3. The molecule has 290 valence electrons. The fourth-order valence-electron chi connectivity index (χ4n) is 6.83. The Kier molecular flexibility index (Phi) is 35.6. The van der Waals surface area contributed by atoms with Crippen LogP contribution in [0.2, 0.25) is 0 Å². The average molecular weight is 694 g/mol. The number of nitrogens with zero attached hydrogens (tertiary/aromatic N) is 1. The molecule has 0 spiro atoms. The summed E-state index contributed by atoms with van der Waals surface area (Å²) in [6.07, 6.45) is 36.4. The quantitative estimate of drug-likeness (QED) is 0.0440. The van der Waals surface area contributed by atoms with Gasteiger partial charge in [-0.15, -0.1) is 0 Å². The first-order chi connectivity index (χ1) is 23.9. The number of aliphatic hydroxyl groups excluding tert-OH is 3. The molecule has 0 fully saturated rings. The monoisotopic (exact) mass is 694 g/mol.